The number of aromatic hydroxyl groups is 1. The van der Waals surface area contributed by atoms with Crippen LogP contribution >= 0.6 is 0 Å². The van der Waals surface area contributed by atoms with Gasteiger partial charge in [-0.1, -0.05) is 0 Å². The van der Waals surface area contributed by atoms with Gasteiger partial charge in [-0.05, 0) is 37.1 Å². The molecule has 0 fully saturated rings. The smallest absolute Gasteiger partial charge is 0.121 e. The molecule has 0 aliphatic rings. The third-order valence-corrected chi connectivity index (χ3v) is 2.15. The van der Waals surface area contributed by atoms with Crippen molar-refractivity contribution in [3.8, 4) is 5.75 Å². The Balaban J connectivity index is 3.15. The van der Waals surface area contributed by atoms with E-state index in [2.05, 4.69) is 0 Å². The van der Waals surface area contributed by atoms with Crippen molar-refractivity contribution < 1.29 is 14.6 Å². The van der Waals surface area contributed by atoms with Crippen LogP contribution in [0.15, 0.2) is 12.1 Å². The zero-order valence-corrected chi connectivity index (χ0v) is 7.71. The topological polar surface area (TPSA) is 40.5 Å². The van der Waals surface area contributed by atoms with Gasteiger partial charge in [-0.15, -0.1) is 0 Å². The predicted molar refractivity (Wildman–Crippen MR) is 48.5 cm³/mol. The summed E-state index contributed by atoms with van der Waals surface area (Å²) in [6.45, 7) is 2.82. The molecule has 0 aliphatic heterocycles. The summed E-state index contributed by atoms with van der Waals surface area (Å²) in [6.07, 6.45) is -1.22. The standard InChI is InChI=1S/C10H13FO2/c1-6-3-8(10(13)5-11)9(12)4-7(6)2/h3-4,10,12-13H,5H2,1-2H3. The molecule has 2 nitrogen and oxygen atoms in total. The molecule has 0 radical (unpaired) electrons. The SMILES string of the molecule is Cc1cc(O)c(C(O)CF)cc1C. The summed E-state index contributed by atoms with van der Waals surface area (Å²) in [6, 6.07) is 3.14. The molecular weight excluding hydrogens is 171 g/mol. The lowest BCUT2D eigenvalue weighted by Gasteiger charge is -2.11. The number of halogens is 1. The third-order valence-electron chi connectivity index (χ3n) is 2.15. The molecule has 0 saturated heterocycles. The molecule has 1 rings (SSSR count). The number of hydrogen-bond acceptors (Lipinski definition) is 2. The van der Waals surface area contributed by atoms with Crippen molar-refractivity contribution in [2.24, 2.45) is 0 Å². The highest BCUT2D eigenvalue weighted by molar-refractivity contribution is 5.41. The summed E-state index contributed by atoms with van der Waals surface area (Å²) in [5.41, 5.74) is 2.11. The predicted octanol–water partition coefficient (Wildman–Crippen LogP) is 2.01. The quantitative estimate of drug-likeness (QED) is 0.738. The summed E-state index contributed by atoms with van der Waals surface area (Å²) in [7, 11) is 0. The fourth-order valence-electron chi connectivity index (χ4n) is 1.17. The zero-order chi connectivity index (χ0) is 10.0. The van der Waals surface area contributed by atoms with E-state index >= 15 is 0 Å². The minimum Gasteiger partial charge on any atom is -0.508 e. The van der Waals surface area contributed by atoms with E-state index < -0.39 is 12.8 Å². The Morgan fingerprint density at radius 1 is 1.31 bits per heavy atom. The van der Waals surface area contributed by atoms with Crippen molar-refractivity contribution in [1.82, 2.24) is 0 Å². The Kier molecular flexibility index (Phi) is 2.88. The number of aryl methyl sites for hydroxylation is 2. The van der Waals surface area contributed by atoms with Crippen LogP contribution in [0.2, 0.25) is 0 Å². The Morgan fingerprint density at radius 3 is 2.38 bits per heavy atom. The number of rotatable bonds is 2. The summed E-state index contributed by atoms with van der Waals surface area (Å²) >= 11 is 0. The number of phenols is 1. The molecule has 1 atom stereocenters. The van der Waals surface area contributed by atoms with Crippen LogP contribution in [0.1, 0.15) is 22.8 Å². The van der Waals surface area contributed by atoms with E-state index in [1.54, 1.807) is 6.07 Å². The van der Waals surface area contributed by atoms with Crippen LogP contribution in [-0.2, 0) is 0 Å². The lowest BCUT2D eigenvalue weighted by molar-refractivity contribution is 0.138. The lowest BCUT2D eigenvalue weighted by atomic mass is 10.0. The van der Waals surface area contributed by atoms with Crippen molar-refractivity contribution in [2.45, 2.75) is 20.0 Å². The molecule has 3 heteroatoms. The molecule has 0 aliphatic carbocycles. The van der Waals surface area contributed by atoms with Crippen LogP contribution in [0.25, 0.3) is 0 Å². The Morgan fingerprint density at radius 2 is 1.85 bits per heavy atom. The van der Waals surface area contributed by atoms with E-state index in [9.17, 15) is 14.6 Å². The van der Waals surface area contributed by atoms with Crippen LogP contribution in [0, 0.1) is 13.8 Å². The second kappa shape index (κ2) is 3.75. The van der Waals surface area contributed by atoms with Crippen molar-refractivity contribution in [3.05, 3.63) is 28.8 Å². The molecule has 0 bridgehead atoms. The van der Waals surface area contributed by atoms with E-state index in [4.69, 9.17) is 0 Å². The van der Waals surface area contributed by atoms with E-state index in [1.165, 1.54) is 6.07 Å². The molecule has 0 amide bonds. The number of benzene rings is 1. The normalized spacial score (nSPS) is 12.9. The lowest BCUT2D eigenvalue weighted by Crippen LogP contribution is -2.00. The molecule has 0 saturated carbocycles. The van der Waals surface area contributed by atoms with Crippen LogP contribution < -0.4 is 0 Å². The molecular formula is C10H13FO2. The fraction of sp³-hybridized carbons (Fsp3) is 0.400. The summed E-state index contributed by atoms with van der Waals surface area (Å²) in [5, 5.41) is 18.6. The van der Waals surface area contributed by atoms with Gasteiger partial charge in [0, 0.05) is 5.56 Å². The number of aliphatic hydroxyl groups is 1. The second-order valence-electron chi connectivity index (χ2n) is 3.17. The van der Waals surface area contributed by atoms with Crippen molar-refractivity contribution in [3.63, 3.8) is 0 Å². The summed E-state index contributed by atoms with van der Waals surface area (Å²) in [5.74, 6) is -0.0479. The largest absolute Gasteiger partial charge is 0.508 e. The Labute approximate surface area is 76.6 Å². The van der Waals surface area contributed by atoms with Gasteiger partial charge in [0.1, 0.15) is 18.5 Å². The molecule has 2 N–H and O–H groups in total. The van der Waals surface area contributed by atoms with Crippen LogP contribution in [-0.4, -0.2) is 16.9 Å². The number of phenolic OH excluding ortho intramolecular Hbond substituents is 1. The van der Waals surface area contributed by atoms with Gasteiger partial charge < -0.3 is 10.2 Å². The monoisotopic (exact) mass is 184 g/mol. The van der Waals surface area contributed by atoms with Gasteiger partial charge in [-0.3, -0.25) is 0 Å². The zero-order valence-electron chi connectivity index (χ0n) is 7.71. The molecule has 0 spiro atoms. The molecule has 1 aromatic carbocycles. The van der Waals surface area contributed by atoms with Gasteiger partial charge in [0.2, 0.25) is 0 Å². The van der Waals surface area contributed by atoms with Crippen molar-refractivity contribution in [1.29, 1.82) is 0 Å². The van der Waals surface area contributed by atoms with Gasteiger partial charge in [-0.25, -0.2) is 4.39 Å². The average molecular weight is 184 g/mol. The van der Waals surface area contributed by atoms with Crippen molar-refractivity contribution >= 4 is 0 Å². The maximum absolute atomic E-state index is 12.1. The first kappa shape index (κ1) is 9.99. The number of alkyl halides is 1. The van der Waals surface area contributed by atoms with Crippen LogP contribution in [0.3, 0.4) is 0 Å². The van der Waals surface area contributed by atoms with Crippen LogP contribution in [0.4, 0.5) is 4.39 Å². The minimum atomic E-state index is -1.22. The molecule has 13 heavy (non-hydrogen) atoms. The van der Waals surface area contributed by atoms with Gasteiger partial charge in [0.05, 0.1) is 0 Å². The summed E-state index contributed by atoms with van der Waals surface area (Å²) < 4.78 is 12.1. The number of aliphatic hydroxyl groups excluding tert-OH is 1. The van der Waals surface area contributed by atoms with Gasteiger partial charge in [0.15, 0.2) is 0 Å². The van der Waals surface area contributed by atoms with Gasteiger partial charge in [-0.2, -0.15) is 0 Å². The molecule has 72 valence electrons. The highest BCUT2D eigenvalue weighted by Gasteiger charge is 2.12. The maximum Gasteiger partial charge on any atom is 0.121 e. The van der Waals surface area contributed by atoms with Gasteiger partial charge in [0.25, 0.3) is 0 Å². The average Bonchev–Trinajstić information content (AvgIpc) is 2.10. The number of hydrogen-bond donors (Lipinski definition) is 2. The molecule has 0 aromatic heterocycles. The fourth-order valence-corrected chi connectivity index (χ4v) is 1.17. The van der Waals surface area contributed by atoms with E-state index in [1.807, 2.05) is 13.8 Å². The first-order valence-electron chi connectivity index (χ1n) is 4.10. The molecule has 0 heterocycles. The van der Waals surface area contributed by atoms with E-state index in [0.29, 0.717) is 0 Å². The van der Waals surface area contributed by atoms with Crippen molar-refractivity contribution in [2.75, 3.05) is 6.67 Å². The van der Waals surface area contributed by atoms with Crippen LogP contribution in [0.5, 0.6) is 5.75 Å². The Hall–Kier alpha value is -1.09. The minimum absolute atomic E-state index is 0.0479. The first-order chi connectivity index (χ1) is 6.06. The van der Waals surface area contributed by atoms with E-state index in [0.717, 1.165) is 11.1 Å². The third kappa shape index (κ3) is 1.98. The highest BCUT2D eigenvalue weighted by Crippen LogP contribution is 2.27. The van der Waals surface area contributed by atoms with Gasteiger partial charge >= 0.3 is 0 Å². The second-order valence-corrected chi connectivity index (χ2v) is 3.17. The Bertz CT molecular complexity index is 310. The maximum atomic E-state index is 12.1. The highest BCUT2D eigenvalue weighted by atomic mass is 19.1. The summed E-state index contributed by atoms with van der Waals surface area (Å²) in [4.78, 5) is 0. The molecule has 1 aromatic rings. The molecule has 1 unspecified atom stereocenters. The first-order valence-corrected chi connectivity index (χ1v) is 4.10. The van der Waals surface area contributed by atoms with E-state index in [-0.39, 0.29) is 11.3 Å².